The number of rotatable bonds is 6. The van der Waals surface area contributed by atoms with Crippen molar-refractivity contribution in [2.75, 3.05) is 13.1 Å². The molecule has 0 aliphatic heterocycles. The molecule has 0 spiro atoms. The summed E-state index contributed by atoms with van der Waals surface area (Å²) in [5.41, 5.74) is 1.70. The molecule has 2 amide bonds. The van der Waals surface area contributed by atoms with Gasteiger partial charge >= 0.3 is 6.03 Å². The number of carbonyl (C=O) groups excluding carboxylic acids is 1. The third-order valence-electron chi connectivity index (χ3n) is 2.80. The highest BCUT2D eigenvalue weighted by atomic mass is 32.1. The van der Waals surface area contributed by atoms with Crippen molar-refractivity contribution in [2.45, 2.75) is 18.9 Å². The molecule has 2 rings (SSSR count). The summed E-state index contributed by atoms with van der Waals surface area (Å²) in [7, 11) is 0. The van der Waals surface area contributed by atoms with Gasteiger partial charge in [-0.3, -0.25) is 0 Å². The van der Waals surface area contributed by atoms with E-state index in [4.69, 9.17) is 0 Å². The SMILES string of the molecule is CC(O)(CNC(=O)NCCc1cscn1)c1cccs1. The second kappa shape index (κ2) is 6.83. The van der Waals surface area contributed by atoms with Gasteiger partial charge in [-0.05, 0) is 18.4 Å². The highest BCUT2D eigenvalue weighted by Gasteiger charge is 2.24. The van der Waals surface area contributed by atoms with Gasteiger partial charge in [-0.15, -0.1) is 22.7 Å². The van der Waals surface area contributed by atoms with Crippen LogP contribution in [-0.4, -0.2) is 29.2 Å². The van der Waals surface area contributed by atoms with Crippen molar-refractivity contribution in [1.82, 2.24) is 15.6 Å². The van der Waals surface area contributed by atoms with Gasteiger partial charge in [0.05, 0.1) is 17.7 Å². The molecule has 108 valence electrons. The maximum Gasteiger partial charge on any atom is 0.314 e. The van der Waals surface area contributed by atoms with E-state index in [-0.39, 0.29) is 12.6 Å². The quantitative estimate of drug-likeness (QED) is 0.763. The predicted molar refractivity (Wildman–Crippen MR) is 81.1 cm³/mol. The number of carbonyl (C=O) groups is 1. The highest BCUT2D eigenvalue weighted by molar-refractivity contribution is 7.10. The van der Waals surface area contributed by atoms with E-state index < -0.39 is 5.60 Å². The van der Waals surface area contributed by atoms with Crippen LogP contribution in [0.1, 0.15) is 17.5 Å². The first-order chi connectivity index (χ1) is 9.58. The summed E-state index contributed by atoms with van der Waals surface area (Å²) < 4.78 is 0. The van der Waals surface area contributed by atoms with Gasteiger partial charge in [0, 0.05) is 23.2 Å². The first-order valence-corrected chi connectivity index (χ1v) is 8.05. The molecule has 0 radical (unpaired) electrons. The number of thiophene rings is 1. The van der Waals surface area contributed by atoms with Crippen molar-refractivity contribution in [3.63, 3.8) is 0 Å². The fraction of sp³-hybridized carbons (Fsp3) is 0.385. The number of aliphatic hydroxyl groups is 1. The van der Waals surface area contributed by atoms with Crippen molar-refractivity contribution in [2.24, 2.45) is 0 Å². The largest absolute Gasteiger partial charge is 0.383 e. The van der Waals surface area contributed by atoms with Crippen molar-refractivity contribution < 1.29 is 9.90 Å². The molecule has 0 aliphatic carbocycles. The second-order valence-corrected chi connectivity index (χ2v) is 6.26. The van der Waals surface area contributed by atoms with Gasteiger partial charge in [-0.25, -0.2) is 9.78 Å². The Kier molecular flexibility index (Phi) is 5.11. The second-order valence-electron chi connectivity index (χ2n) is 4.59. The topological polar surface area (TPSA) is 74.2 Å². The molecule has 2 aromatic heterocycles. The fourth-order valence-electron chi connectivity index (χ4n) is 1.65. The summed E-state index contributed by atoms with van der Waals surface area (Å²) in [5.74, 6) is 0. The molecule has 0 fully saturated rings. The predicted octanol–water partition coefficient (Wildman–Crippen LogP) is 1.95. The molecular formula is C13H17N3O2S2. The van der Waals surface area contributed by atoms with Crippen molar-refractivity contribution in [1.29, 1.82) is 0 Å². The van der Waals surface area contributed by atoms with E-state index in [1.165, 1.54) is 22.7 Å². The summed E-state index contributed by atoms with van der Waals surface area (Å²) in [6, 6.07) is 3.45. The van der Waals surface area contributed by atoms with E-state index in [0.717, 1.165) is 10.6 Å². The minimum atomic E-state index is -1.04. The highest BCUT2D eigenvalue weighted by Crippen LogP contribution is 2.24. The molecule has 1 atom stereocenters. The average molecular weight is 311 g/mol. The van der Waals surface area contributed by atoms with Gasteiger partial charge in [-0.2, -0.15) is 0 Å². The number of hydrogen-bond donors (Lipinski definition) is 3. The molecular weight excluding hydrogens is 294 g/mol. The van der Waals surface area contributed by atoms with Crippen molar-refractivity contribution in [3.8, 4) is 0 Å². The molecule has 0 aliphatic rings. The average Bonchev–Trinajstić information content (AvgIpc) is 3.09. The third kappa shape index (κ3) is 4.29. The molecule has 0 bridgehead atoms. The van der Waals surface area contributed by atoms with Crippen LogP contribution < -0.4 is 10.6 Å². The molecule has 0 aromatic carbocycles. The summed E-state index contributed by atoms with van der Waals surface area (Å²) in [6.45, 7) is 2.39. The van der Waals surface area contributed by atoms with Gasteiger partial charge in [0.2, 0.25) is 0 Å². The Labute approximate surface area is 125 Å². The Morgan fingerprint density at radius 2 is 2.35 bits per heavy atom. The van der Waals surface area contributed by atoms with E-state index in [1.807, 2.05) is 22.9 Å². The number of thiazole rings is 1. The molecule has 2 aromatic rings. The van der Waals surface area contributed by atoms with Crippen molar-refractivity contribution >= 4 is 28.7 Å². The van der Waals surface area contributed by atoms with Crippen LogP contribution in [0.25, 0.3) is 0 Å². The Morgan fingerprint density at radius 3 is 3.00 bits per heavy atom. The van der Waals surface area contributed by atoms with E-state index >= 15 is 0 Å². The number of hydrogen-bond acceptors (Lipinski definition) is 5. The fourth-order valence-corrected chi connectivity index (χ4v) is 3.03. The third-order valence-corrected chi connectivity index (χ3v) is 4.55. The summed E-state index contributed by atoms with van der Waals surface area (Å²) in [5, 5.41) is 19.5. The van der Waals surface area contributed by atoms with Gasteiger partial charge in [0.25, 0.3) is 0 Å². The zero-order valence-corrected chi connectivity index (χ0v) is 12.8. The molecule has 1 unspecified atom stereocenters. The Bertz CT molecular complexity index is 524. The number of aromatic nitrogens is 1. The normalized spacial score (nSPS) is 13.7. The molecule has 3 N–H and O–H groups in total. The zero-order chi connectivity index (χ0) is 14.4. The Morgan fingerprint density at radius 1 is 1.50 bits per heavy atom. The summed E-state index contributed by atoms with van der Waals surface area (Å²) in [6.07, 6.45) is 0.707. The monoisotopic (exact) mass is 311 g/mol. The van der Waals surface area contributed by atoms with E-state index in [9.17, 15) is 9.90 Å². The van der Waals surface area contributed by atoms with Crippen LogP contribution in [0.5, 0.6) is 0 Å². The molecule has 0 saturated carbocycles. The zero-order valence-electron chi connectivity index (χ0n) is 11.1. The minimum absolute atomic E-state index is 0.177. The van der Waals surface area contributed by atoms with Crippen molar-refractivity contribution in [3.05, 3.63) is 39.0 Å². The van der Waals surface area contributed by atoms with E-state index in [0.29, 0.717) is 13.0 Å². The van der Waals surface area contributed by atoms with E-state index in [2.05, 4.69) is 15.6 Å². The number of urea groups is 1. The van der Waals surface area contributed by atoms with Gasteiger partial charge in [0.1, 0.15) is 5.60 Å². The lowest BCUT2D eigenvalue weighted by molar-refractivity contribution is 0.0631. The van der Waals surface area contributed by atoms with Crippen LogP contribution in [0.2, 0.25) is 0 Å². The van der Waals surface area contributed by atoms with Gasteiger partial charge < -0.3 is 15.7 Å². The van der Waals surface area contributed by atoms with Crippen LogP contribution in [-0.2, 0) is 12.0 Å². The van der Waals surface area contributed by atoms with Crippen LogP contribution in [0.15, 0.2) is 28.4 Å². The summed E-state index contributed by atoms with van der Waals surface area (Å²) in [4.78, 5) is 16.6. The van der Waals surface area contributed by atoms with Crippen LogP contribution >= 0.6 is 22.7 Å². The Hall–Kier alpha value is -1.44. The van der Waals surface area contributed by atoms with Gasteiger partial charge in [0.15, 0.2) is 0 Å². The minimum Gasteiger partial charge on any atom is -0.383 e. The lowest BCUT2D eigenvalue weighted by Crippen LogP contribution is -2.43. The first-order valence-electron chi connectivity index (χ1n) is 6.23. The lowest BCUT2D eigenvalue weighted by atomic mass is 10.1. The molecule has 20 heavy (non-hydrogen) atoms. The lowest BCUT2D eigenvalue weighted by Gasteiger charge is -2.22. The van der Waals surface area contributed by atoms with E-state index in [1.54, 1.807) is 12.4 Å². The smallest absolute Gasteiger partial charge is 0.314 e. The molecule has 5 nitrogen and oxygen atoms in total. The first kappa shape index (κ1) is 15.0. The molecule has 7 heteroatoms. The number of nitrogens with one attached hydrogen (secondary N) is 2. The maximum atomic E-state index is 11.6. The molecule has 0 saturated heterocycles. The van der Waals surface area contributed by atoms with Crippen LogP contribution in [0, 0.1) is 0 Å². The van der Waals surface area contributed by atoms with Crippen LogP contribution in [0.3, 0.4) is 0 Å². The van der Waals surface area contributed by atoms with Crippen LogP contribution in [0.4, 0.5) is 4.79 Å². The maximum absolute atomic E-state index is 11.6. The van der Waals surface area contributed by atoms with Gasteiger partial charge in [-0.1, -0.05) is 6.07 Å². The summed E-state index contributed by atoms with van der Waals surface area (Å²) >= 11 is 3.01. The Balaban J connectivity index is 1.69. The number of nitrogens with zero attached hydrogens (tertiary/aromatic N) is 1. The number of amides is 2. The molecule has 2 heterocycles. The standard InChI is InChI=1S/C13H17N3O2S2/c1-13(18,11-3-2-6-20-11)8-15-12(17)14-5-4-10-7-19-9-16-10/h2-3,6-7,9,18H,4-5,8H2,1H3,(H2,14,15,17).